The molecule has 4 rings (SSSR count). The topological polar surface area (TPSA) is 99.1 Å². The molecule has 0 aliphatic carbocycles. The number of hydrogen-bond acceptors (Lipinski definition) is 6. The van der Waals surface area contributed by atoms with Gasteiger partial charge < -0.3 is 29.0 Å². The molecule has 188 valence electrons. The van der Waals surface area contributed by atoms with E-state index in [-0.39, 0.29) is 36.2 Å². The first-order valence-electron chi connectivity index (χ1n) is 11.7. The van der Waals surface area contributed by atoms with Gasteiger partial charge in [-0.25, -0.2) is 9.18 Å². The van der Waals surface area contributed by atoms with Crippen molar-refractivity contribution in [2.45, 2.75) is 52.1 Å². The van der Waals surface area contributed by atoms with Crippen molar-refractivity contribution in [3.63, 3.8) is 0 Å². The van der Waals surface area contributed by atoms with Crippen molar-refractivity contribution in [1.29, 1.82) is 0 Å². The quantitative estimate of drug-likeness (QED) is 0.625. The highest BCUT2D eigenvalue weighted by molar-refractivity contribution is 6.01. The minimum absolute atomic E-state index is 0.0467. The molecule has 3 heterocycles. The van der Waals surface area contributed by atoms with Gasteiger partial charge in [0, 0.05) is 19.5 Å². The van der Waals surface area contributed by atoms with Crippen molar-refractivity contribution in [2.75, 3.05) is 20.3 Å². The number of rotatable bonds is 6. The summed E-state index contributed by atoms with van der Waals surface area (Å²) >= 11 is 0. The van der Waals surface area contributed by atoms with E-state index < -0.39 is 12.4 Å². The molecule has 35 heavy (non-hydrogen) atoms. The number of carbonyl (C=O) groups is 3. The summed E-state index contributed by atoms with van der Waals surface area (Å²) in [5.74, 6) is -0.962. The zero-order chi connectivity index (χ0) is 25.1. The van der Waals surface area contributed by atoms with Crippen LogP contribution in [0.3, 0.4) is 0 Å². The van der Waals surface area contributed by atoms with E-state index in [9.17, 15) is 18.8 Å². The van der Waals surface area contributed by atoms with Gasteiger partial charge in [-0.1, -0.05) is 26.0 Å². The zero-order valence-electron chi connectivity index (χ0n) is 20.1. The van der Waals surface area contributed by atoms with Crippen LogP contribution in [0.4, 0.5) is 9.18 Å². The van der Waals surface area contributed by atoms with Crippen LogP contribution in [-0.4, -0.2) is 53.9 Å². The molecule has 10 heteroatoms. The minimum atomic E-state index is -0.850. The fraction of sp³-hybridized carbons (Fsp3) is 0.480. The van der Waals surface area contributed by atoms with E-state index in [1.54, 1.807) is 22.8 Å². The second kappa shape index (κ2) is 10.5. The van der Waals surface area contributed by atoms with Crippen LogP contribution in [-0.2, 0) is 27.4 Å². The lowest BCUT2D eigenvalue weighted by Gasteiger charge is -2.25. The summed E-state index contributed by atoms with van der Waals surface area (Å²) in [7, 11) is 1.21. The molecule has 1 fully saturated rings. The molecule has 1 aromatic carbocycles. The summed E-state index contributed by atoms with van der Waals surface area (Å²) in [5, 5.41) is 3.05. The maximum Gasteiger partial charge on any atom is 0.509 e. The molecule has 2 atom stereocenters. The Morgan fingerprint density at radius 3 is 2.60 bits per heavy atom. The van der Waals surface area contributed by atoms with Gasteiger partial charge in [-0.15, -0.1) is 0 Å². The van der Waals surface area contributed by atoms with Crippen molar-refractivity contribution in [2.24, 2.45) is 5.92 Å². The van der Waals surface area contributed by atoms with Crippen molar-refractivity contribution in [3.05, 3.63) is 58.7 Å². The van der Waals surface area contributed by atoms with Crippen LogP contribution in [0.1, 0.15) is 64.8 Å². The number of nitrogens with zero attached hydrogens (tertiary/aromatic N) is 2. The number of aromatic nitrogens is 1. The summed E-state index contributed by atoms with van der Waals surface area (Å²) in [6.07, 6.45) is -0.385. The average molecular weight is 488 g/mol. The number of methoxy groups -OCH3 is 1. The van der Waals surface area contributed by atoms with E-state index in [0.29, 0.717) is 49.5 Å². The molecule has 0 unspecified atom stereocenters. The van der Waals surface area contributed by atoms with Crippen molar-refractivity contribution < 1.29 is 33.0 Å². The summed E-state index contributed by atoms with van der Waals surface area (Å²) in [6.45, 7) is 5.40. The second-order valence-corrected chi connectivity index (χ2v) is 9.01. The fourth-order valence-corrected chi connectivity index (χ4v) is 4.62. The lowest BCUT2D eigenvalue weighted by molar-refractivity contribution is -0.0148. The predicted molar refractivity (Wildman–Crippen MR) is 123 cm³/mol. The standard InChI is InChI=1S/C25H30FN3O6/c1-15(2)22(16-6-8-17(26)9-7-16)27-23(30)19-13-18(20-14-34-12-11-28(19)20)24(31)29-10-4-5-21(29)35-25(32)33-3/h6-9,13,15,21-22H,4-5,10-12,14H2,1-3H3,(H,27,30)/t21-,22-/m1/s1. The smallest absolute Gasteiger partial charge is 0.438 e. The van der Waals surface area contributed by atoms with Gasteiger partial charge in [0.15, 0.2) is 6.23 Å². The Labute approximate surface area is 203 Å². The van der Waals surface area contributed by atoms with Gasteiger partial charge in [0.2, 0.25) is 0 Å². The first-order valence-corrected chi connectivity index (χ1v) is 11.7. The van der Waals surface area contributed by atoms with E-state index in [0.717, 1.165) is 5.56 Å². The van der Waals surface area contributed by atoms with E-state index in [1.807, 2.05) is 13.8 Å². The van der Waals surface area contributed by atoms with Crippen LogP contribution in [0.2, 0.25) is 0 Å². The summed E-state index contributed by atoms with van der Waals surface area (Å²) in [6, 6.07) is 7.29. The normalized spacial score (nSPS) is 18.2. The number of likely N-dealkylation sites (tertiary alicyclic amines) is 1. The first-order chi connectivity index (χ1) is 16.8. The van der Waals surface area contributed by atoms with Gasteiger partial charge >= 0.3 is 6.16 Å². The molecule has 0 bridgehead atoms. The number of ether oxygens (including phenoxy) is 3. The Bertz CT molecular complexity index is 1100. The van der Waals surface area contributed by atoms with Crippen LogP contribution in [0, 0.1) is 11.7 Å². The minimum Gasteiger partial charge on any atom is -0.438 e. The van der Waals surface area contributed by atoms with Crippen LogP contribution in [0.15, 0.2) is 30.3 Å². The van der Waals surface area contributed by atoms with Gasteiger partial charge in [0.1, 0.15) is 11.5 Å². The Morgan fingerprint density at radius 2 is 1.91 bits per heavy atom. The van der Waals surface area contributed by atoms with Gasteiger partial charge in [-0.3, -0.25) is 9.59 Å². The fourth-order valence-electron chi connectivity index (χ4n) is 4.62. The number of amides is 2. The summed E-state index contributed by atoms with van der Waals surface area (Å²) < 4.78 is 30.6. The largest absolute Gasteiger partial charge is 0.509 e. The highest BCUT2D eigenvalue weighted by Crippen LogP contribution is 2.28. The van der Waals surface area contributed by atoms with Crippen LogP contribution < -0.4 is 5.32 Å². The number of carbonyl (C=O) groups excluding carboxylic acids is 3. The number of benzene rings is 1. The Kier molecular flexibility index (Phi) is 7.39. The van der Waals surface area contributed by atoms with E-state index in [4.69, 9.17) is 9.47 Å². The Morgan fingerprint density at radius 1 is 1.17 bits per heavy atom. The van der Waals surface area contributed by atoms with Gasteiger partial charge in [0.25, 0.3) is 11.8 Å². The van der Waals surface area contributed by atoms with Crippen molar-refractivity contribution in [1.82, 2.24) is 14.8 Å². The monoisotopic (exact) mass is 487 g/mol. The Balaban J connectivity index is 1.61. The summed E-state index contributed by atoms with van der Waals surface area (Å²) in [5.41, 5.74) is 2.10. The third-order valence-electron chi connectivity index (χ3n) is 6.41. The molecular formula is C25H30FN3O6. The van der Waals surface area contributed by atoms with Gasteiger partial charge in [0.05, 0.1) is 37.6 Å². The highest BCUT2D eigenvalue weighted by atomic mass is 19.1. The zero-order valence-corrected chi connectivity index (χ0v) is 20.1. The molecule has 1 aromatic heterocycles. The molecule has 2 amide bonds. The molecule has 0 spiro atoms. The number of halogens is 1. The highest BCUT2D eigenvalue weighted by Gasteiger charge is 2.36. The maximum atomic E-state index is 13.5. The molecular weight excluding hydrogens is 457 g/mol. The van der Waals surface area contributed by atoms with Crippen LogP contribution >= 0.6 is 0 Å². The lowest BCUT2D eigenvalue weighted by atomic mass is 9.96. The number of nitrogens with one attached hydrogen (secondary N) is 1. The maximum absolute atomic E-state index is 13.5. The van der Waals surface area contributed by atoms with Crippen molar-refractivity contribution in [3.8, 4) is 0 Å². The third kappa shape index (κ3) is 5.17. The first kappa shape index (κ1) is 24.7. The van der Waals surface area contributed by atoms with Gasteiger partial charge in [-0.2, -0.15) is 0 Å². The van der Waals surface area contributed by atoms with E-state index in [1.165, 1.54) is 24.1 Å². The van der Waals surface area contributed by atoms with Crippen molar-refractivity contribution >= 4 is 18.0 Å². The molecule has 1 N–H and O–H groups in total. The molecule has 2 aliphatic rings. The van der Waals surface area contributed by atoms with Crippen LogP contribution in [0.5, 0.6) is 0 Å². The van der Waals surface area contributed by atoms with E-state index >= 15 is 0 Å². The van der Waals surface area contributed by atoms with Crippen LogP contribution in [0.25, 0.3) is 0 Å². The molecule has 9 nitrogen and oxygen atoms in total. The molecule has 2 aromatic rings. The molecule has 0 radical (unpaired) electrons. The predicted octanol–water partition coefficient (Wildman–Crippen LogP) is 3.63. The van der Waals surface area contributed by atoms with E-state index in [2.05, 4.69) is 10.1 Å². The molecule has 1 saturated heterocycles. The van der Waals surface area contributed by atoms with Gasteiger partial charge in [-0.05, 0) is 36.1 Å². The summed E-state index contributed by atoms with van der Waals surface area (Å²) in [4.78, 5) is 40.0. The Hall–Kier alpha value is -3.40. The number of fused-ring (bicyclic) bond motifs is 1. The second-order valence-electron chi connectivity index (χ2n) is 9.01. The lowest BCUT2D eigenvalue weighted by Crippen LogP contribution is -2.39. The average Bonchev–Trinajstić information content (AvgIpc) is 3.47. The molecule has 0 saturated carbocycles. The SMILES string of the molecule is COC(=O)O[C@@H]1CCCN1C(=O)c1cc(C(=O)N[C@@H](c2ccc(F)cc2)C(C)C)n2c1COCC2. The third-order valence-corrected chi connectivity index (χ3v) is 6.41. The number of hydrogen-bond donors (Lipinski definition) is 1. The molecule has 2 aliphatic heterocycles.